The van der Waals surface area contributed by atoms with Crippen molar-refractivity contribution in [2.45, 2.75) is 39.1 Å². The maximum Gasteiger partial charge on any atom is 0.170 e. The van der Waals surface area contributed by atoms with E-state index in [4.69, 9.17) is 9.47 Å². The zero-order valence-electron chi connectivity index (χ0n) is 10.0. The van der Waals surface area contributed by atoms with Crippen molar-refractivity contribution in [3.8, 4) is 0 Å². The summed E-state index contributed by atoms with van der Waals surface area (Å²) in [4.78, 5) is 2.14. The maximum absolute atomic E-state index is 6.01. The molecule has 0 aromatic carbocycles. The van der Waals surface area contributed by atoms with Gasteiger partial charge in [-0.25, -0.2) is 0 Å². The summed E-state index contributed by atoms with van der Waals surface area (Å²) in [5.74, 6) is 0.0837. The second-order valence-corrected chi connectivity index (χ2v) is 4.63. The molecule has 84 valence electrons. The summed E-state index contributed by atoms with van der Waals surface area (Å²) in [6, 6.07) is 0. The Morgan fingerprint density at radius 2 is 2.07 bits per heavy atom. The van der Waals surface area contributed by atoms with Crippen molar-refractivity contribution in [3.63, 3.8) is 0 Å². The smallest absolute Gasteiger partial charge is 0.170 e. The van der Waals surface area contributed by atoms with Gasteiger partial charge in [-0.05, 0) is 20.5 Å². The Kier molecular flexibility index (Phi) is 3.93. The van der Waals surface area contributed by atoms with Crippen molar-refractivity contribution in [1.82, 2.24) is 4.90 Å². The molecule has 1 rings (SSSR count). The van der Waals surface area contributed by atoms with Crippen molar-refractivity contribution >= 4 is 0 Å². The van der Waals surface area contributed by atoms with Gasteiger partial charge in [0.05, 0.1) is 12.7 Å². The topological polar surface area (TPSA) is 21.7 Å². The molecule has 0 N–H and O–H groups in total. The molecule has 1 heterocycles. The first-order valence-electron chi connectivity index (χ1n) is 5.46. The van der Waals surface area contributed by atoms with Crippen LogP contribution in [0.2, 0.25) is 0 Å². The third kappa shape index (κ3) is 2.47. The van der Waals surface area contributed by atoms with Crippen LogP contribution in [0.15, 0.2) is 0 Å². The van der Waals surface area contributed by atoms with Gasteiger partial charge >= 0.3 is 0 Å². The molecule has 0 spiro atoms. The van der Waals surface area contributed by atoms with Gasteiger partial charge < -0.3 is 14.4 Å². The molecule has 2 atom stereocenters. The van der Waals surface area contributed by atoms with E-state index in [-0.39, 0.29) is 11.9 Å². The van der Waals surface area contributed by atoms with E-state index in [1.54, 1.807) is 0 Å². The molecular weight excluding hydrogens is 178 g/mol. The Morgan fingerprint density at radius 1 is 1.43 bits per heavy atom. The second-order valence-electron chi connectivity index (χ2n) is 4.63. The first-order valence-corrected chi connectivity index (χ1v) is 5.46. The number of hydrogen-bond donors (Lipinski definition) is 0. The van der Waals surface area contributed by atoms with E-state index in [9.17, 15) is 0 Å². The molecule has 0 saturated carbocycles. The number of likely N-dealkylation sites (N-methyl/N-ethyl adjacent to an activating group) is 1. The Bertz CT molecular complexity index is 182. The summed E-state index contributed by atoms with van der Waals surface area (Å²) in [5, 5.41) is 0. The summed E-state index contributed by atoms with van der Waals surface area (Å²) in [6.07, 6.45) is 1.15. The molecule has 0 radical (unpaired) electrons. The highest BCUT2D eigenvalue weighted by molar-refractivity contribution is 4.81. The fourth-order valence-electron chi connectivity index (χ4n) is 1.98. The second kappa shape index (κ2) is 4.60. The Morgan fingerprint density at radius 3 is 2.43 bits per heavy atom. The van der Waals surface area contributed by atoms with Crippen LogP contribution in [0.5, 0.6) is 0 Å². The first kappa shape index (κ1) is 12.0. The van der Waals surface area contributed by atoms with Gasteiger partial charge in [-0.2, -0.15) is 0 Å². The molecule has 0 bridgehead atoms. The van der Waals surface area contributed by atoms with Gasteiger partial charge in [0.15, 0.2) is 5.79 Å². The standard InChI is InChI=1S/C11H23NO2/c1-6-11(9(2)3)13-8-10(14-11)7-12(4)5/h9-10H,6-8H2,1-5H3. The van der Waals surface area contributed by atoms with Gasteiger partial charge in [0.25, 0.3) is 0 Å². The molecule has 1 fully saturated rings. The minimum atomic E-state index is -0.333. The van der Waals surface area contributed by atoms with Crippen LogP contribution in [0.1, 0.15) is 27.2 Å². The van der Waals surface area contributed by atoms with Crippen LogP contribution >= 0.6 is 0 Å². The summed E-state index contributed by atoms with van der Waals surface area (Å²) in [7, 11) is 4.12. The Hall–Kier alpha value is -0.120. The summed E-state index contributed by atoms with van der Waals surface area (Å²) >= 11 is 0. The van der Waals surface area contributed by atoms with Crippen molar-refractivity contribution in [1.29, 1.82) is 0 Å². The zero-order chi connectivity index (χ0) is 10.8. The van der Waals surface area contributed by atoms with E-state index < -0.39 is 0 Å². The third-order valence-corrected chi connectivity index (χ3v) is 2.82. The van der Waals surface area contributed by atoms with E-state index in [2.05, 4.69) is 39.8 Å². The lowest BCUT2D eigenvalue weighted by Gasteiger charge is -2.31. The van der Waals surface area contributed by atoms with E-state index in [1.165, 1.54) is 0 Å². The number of ether oxygens (including phenoxy) is 2. The fraction of sp³-hybridized carbons (Fsp3) is 1.00. The summed E-state index contributed by atoms with van der Waals surface area (Å²) in [5.41, 5.74) is 0. The molecule has 1 saturated heterocycles. The lowest BCUT2D eigenvalue weighted by molar-refractivity contribution is -0.200. The highest BCUT2D eigenvalue weighted by Crippen LogP contribution is 2.34. The fourth-order valence-corrected chi connectivity index (χ4v) is 1.98. The van der Waals surface area contributed by atoms with E-state index >= 15 is 0 Å². The van der Waals surface area contributed by atoms with Crippen LogP contribution < -0.4 is 0 Å². The van der Waals surface area contributed by atoms with Crippen molar-refractivity contribution in [3.05, 3.63) is 0 Å². The van der Waals surface area contributed by atoms with Gasteiger partial charge in [0.2, 0.25) is 0 Å². The molecule has 0 aromatic heterocycles. The van der Waals surface area contributed by atoms with Crippen molar-refractivity contribution < 1.29 is 9.47 Å². The Balaban J connectivity index is 2.53. The number of nitrogens with zero attached hydrogens (tertiary/aromatic N) is 1. The highest BCUT2D eigenvalue weighted by Gasteiger charge is 2.42. The molecular formula is C11H23NO2. The predicted octanol–water partition coefficient (Wildman–Crippen LogP) is 1.73. The minimum Gasteiger partial charge on any atom is -0.347 e. The van der Waals surface area contributed by atoms with Crippen LogP contribution in [0.4, 0.5) is 0 Å². The molecule has 0 amide bonds. The zero-order valence-corrected chi connectivity index (χ0v) is 10.0. The van der Waals surface area contributed by atoms with Gasteiger partial charge in [0.1, 0.15) is 0 Å². The summed E-state index contributed by atoms with van der Waals surface area (Å²) in [6.45, 7) is 8.10. The van der Waals surface area contributed by atoms with Gasteiger partial charge in [-0.1, -0.05) is 20.8 Å². The largest absolute Gasteiger partial charge is 0.347 e. The molecule has 2 unspecified atom stereocenters. The summed E-state index contributed by atoms with van der Waals surface area (Å²) < 4.78 is 11.8. The highest BCUT2D eigenvalue weighted by atomic mass is 16.7. The molecule has 1 aliphatic heterocycles. The Labute approximate surface area is 87.4 Å². The number of rotatable bonds is 4. The van der Waals surface area contributed by atoms with Crippen LogP contribution in [0.3, 0.4) is 0 Å². The van der Waals surface area contributed by atoms with Crippen LogP contribution in [-0.4, -0.2) is 44.0 Å². The van der Waals surface area contributed by atoms with Crippen LogP contribution in [0.25, 0.3) is 0 Å². The minimum absolute atomic E-state index is 0.229. The molecule has 14 heavy (non-hydrogen) atoms. The monoisotopic (exact) mass is 201 g/mol. The van der Waals surface area contributed by atoms with Crippen molar-refractivity contribution in [2.75, 3.05) is 27.2 Å². The SMILES string of the molecule is CCC1(C(C)C)OCC(CN(C)C)O1. The lowest BCUT2D eigenvalue weighted by Crippen LogP contribution is -2.37. The van der Waals surface area contributed by atoms with Crippen LogP contribution in [0, 0.1) is 5.92 Å². The van der Waals surface area contributed by atoms with E-state index in [1.807, 2.05) is 0 Å². The predicted molar refractivity (Wildman–Crippen MR) is 57.2 cm³/mol. The molecule has 1 aliphatic rings. The average Bonchev–Trinajstić information content (AvgIpc) is 2.48. The van der Waals surface area contributed by atoms with E-state index in [0.717, 1.165) is 19.6 Å². The van der Waals surface area contributed by atoms with Crippen LogP contribution in [-0.2, 0) is 9.47 Å². The van der Waals surface area contributed by atoms with Gasteiger partial charge in [-0.15, -0.1) is 0 Å². The van der Waals surface area contributed by atoms with Crippen molar-refractivity contribution in [2.24, 2.45) is 5.92 Å². The lowest BCUT2D eigenvalue weighted by atomic mass is 10.0. The maximum atomic E-state index is 6.01. The third-order valence-electron chi connectivity index (χ3n) is 2.82. The number of hydrogen-bond acceptors (Lipinski definition) is 3. The molecule has 0 aromatic rings. The molecule has 3 nitrogen and oxygen atoms in total. The van der Waals surface area contributed by atoms with Gasteiger partial charge in [0, 0.05) is 12.5 Å². The molecule has 3 heteroatoms. The normalized spacial score (nSPS) is 33.2. The quantitative estimate of drug-likeness (QED) is 0.691. The molecule has 0 aliphatic carbocycles. The van der Waals surface area contributed by atoms with E-state index in [0.29, 0.717) is 5.92 Å². The average molecular weight is 201 g/mol. The van der Waals surface area contributed by atoms with Gasteiger partial charge in [-0.3, -0.25) is 0 Å². The first-order chi connectivity index (χ1) is 6.50.